The van der Waals surface area contributed by atoms with Gasteiger partial charge in [0.15, 0.2) is 0 Å². The maximum absolute atomic E-state index is 8.55. The number of rotatable bonds is 7. The lowest BCUT2D eigenvalue weighted by molar-refractivity contribution is 0.237. The third-order valence-electron chi connectivity index (χ3n) is 3.32. The second kappa shape index (κ2) is 8.98. The largest absolute Gasteiger partial charge is 0.301 e. The van der Waals surface area contributed by atoms with Crippen LogP contribution in [-0.4, -0.2) is 19.3 Å². The van der Waals surface area contributed by atoms with Crippen LogP contribution in [0.15, 0.2) is 0 Å². The molecule has 17 heavy (non-hydrogen) atoms. The molecule has 1 rings (SSSR count). The summed E-state index contributed by atoms with van der Waals surface area (Å²) in [5.41, 5.74) is 0. The van der Waals surface area contributed by atoms with Gasteiger partial charge in [0.05, 0.1) is 18.3 Å². The van der Waals surface area contributed by atoms with Crippen molar-refractivity contribution in [2.75, 3.05) is 13.1 Å². The highest BCUT2D eigenvalue weighted by atomic mass is 15.1. The van der Waals surface area contributed by atoms with Crippen LogP contribution in [0.4, 0.5) is 0 Å². The van der Waals surface area contributed by atoms with Crippen LogP contribution in [0.1, 0.15) is 44.9 Å². The maximum Gasteiger partial charge on any atom is 0.0635 e. The molecule has 0 spiro atoms. The molecular formula is C13H22N4. The van der Waals surface area contributed by atoms with Gasteiger partial charge in [-0.3, -0.25) is 0 Å². The van der Waals surface area contributed by atoms with E-state index in [1.807, 2.05) is 0 Å². The average molecular weight is 234 g/mol. The van der Waals surface area contributed by atoms with Gasteiger partial charge in [0.2, 0.25) is 0 Å². The van der Waals surface area contributed by atoms with Gasteiger partial charge in [-0.05, 0) is 18.8 Å². The minimum Gasteiger partial charge on any atom is -0.301 e. The molecule has 2 N–H and O–H groups in total. The van der Waals surface area contributed by atoms with Crippen LogP contribution in [-0.2, 0) is 0 Å². The Kier molecular flexibility index (Phi) is 7.38. The minimum atomic E-state index is 0.275. The van der Waals surface area contributed by atoms with Crippen LogP contribution in [0.5, 0.6) is 0 Å². The van der Waals surface area contributed by atoms with E-state index in [2.05, 4.69) is 22.8 Å². The summed E-state index contributed by atoms with van der Waals surface area (Å²) in [7, 11) is 0. The second-order valence-corrected chi connectivity index (χ2v) is 4.60. The maximum atomic E-state index is 8.55. The van der Waals surface area contributed by atoms with Gasteiger partial charge in [-0.15, -0.1) is 0 Å². The molecule has 0 unspecified atom stereocenters. The number of nitrogens with one attached hydrogen (secondary N) is 2. The van der Waals surface area contributed by atoms with E-state index in [1.165, 1.54) is 32.1 Å². The SMILES string of the molecule is N#CCCNC(NCCC#N)C1CCCCC1. The number of nitrogens with zero attached hydrogens (tertiary/aromatic N) is 2. The summed E-state index contributed by atoms with van der Waals surface area (Å²) < 4.78 is 0. The molecular weight excluding hydrogens is 212 g/mol. The molecule has 4 nitrogen and oxygen atoms in total. The molecule has 0 atom stereocenters. The summed E-state index contributed by atoms with van der Waals surface area (Å²) in [5.74, 6) is 0.654. The van der Waals surface area contributed by atoms with Crippen molar-refractivity contribution in [2.24, 2.45) is 5.92 Å². The quantitative estimate of drug-likeness (QED) is 0.521. The van der Waals surface area contributed by atoms with E-state index in [0.29, 0.717) is 18.8 Å². The Balaban J connectivity index is 2.34. The molecule has 1 aliphatic carbocycles. The van der Waals surface area contributed by atoms with E-state index in [1.54, 1.807) is 0 Å². The zero-order chi connectivity index (χ0) is 12.3. The zero-order valence-corrected chi connectivity index (χ0v) is 10.4. The molecule has 94 valence electrons. The minimum absolute atomic E-state index is 0.275. The fourth-order valence-corrected chi connectivity index (χ4v) is 2.44. The second-order valence-electron chi connectivity index (χ2n) is 4.60. The lowest BCUT2D eigenvalue weighted by Crippen LogP contribution is -2.48. The van der Waals surface area contributed by atoms with Gasteiger partial charge in [-0.1, -0.05) is 19.3 Å². The van der Waals surface area contributed by atoms with Gasteiger partial charge >= 0.3 is 0 Å². The molecule has 1 saturated carbocycles. The Labute approximate surface area is 104 Å². The first kappa shape index (κ1) is 14.0. The van der Waals surface area contributed by atoms with Crippen LogP contribution < -0.4 is 10.6 Å². The molecule has 0 saturated heterocycles. The van der Waals surface area contributed by atoms with Crippen molar-refractivity contribution in [1.29, 1.82) is 10.5 Å². The van der Waals surface area contributed by atoms with Gasteiger partial charge in [0, 0.05) is 25.9 Å². The van der Waals surface area contributed by atoms with Crippen molar-refractivity contribution in [3.8, 4) is 12.1 Å². The van der Waals surface area contributed by atoms with Crippen molar-refractivity contribution in [3.63, 3.8) is 0 Å². The van der Waals surface area contributed by atoms with E-state index in [9.17, 15) is 0 Å². The Hall–Kier alpha value is -1.10. The first-order valence-electron chi connectivity index (χ1n) is 6.59. The highest BCUT2D eigenvalue weighted by molar-refractivity contribution is 4.81. The monoisotopic (exact) mass is 234 g/mol. The van der Waals surface area contributed by atoms with Crippen molar-refractivity contribution in [2.45, 2.75) is 51.1 Å². The molecule has 4 heteroatoms. The van der Waals surface area contributed by atoms with Crippen LogP contribution in [0, 0.1) is 28.6 Å². The van der Waals surface area contributed by atoms with Gasteiger partial charge in [0.1, 0.15) is 0 Å². The number of hydrogen-bond acceptors (Lipinski definition) is 4. The standard InChI is InChI=1S/C13H22N4/c14-8-4-10-16-13(17-11-5-9-15)12-6-2-1-3-7-12/h12-13,16-17H,1-7,10-11H2. The normalized spacial score (nSPS) is 16.6. The van der Waals surface area contributed by atoms with E-state index >= 15 is 0 Å². The molecule has 0 heterocycles. The van der Waals surface area contributed by atoms with Crippen molar-refractivity contribution < 1.29 is 0 Å². The summed E-state index contributed by atoms with van der Waals surface area (Å²) in [6, 6.07) is 4.30. The fourth-order valence-electron chi connectivity index (χ4n) is 2.44. The highest BCUT2D eigenvalue weighted by Crippen LogP contribution is 2.25. The first-order chi connectivity index (χ1) is 8.38. The molecule has 0 aromatic rings. The molecule has 0 bridgehead atoms. The van der Waals surface area contributed by atoms with Crippen molar-refractivity contribution in [3.05, 3.63) is 0 Å². The molecule has 1 fully saturated rings. The first-order valence-corrected chi connectivity index (χ1v) is 6.59. The number of nitriles is 2. The summed E-state index contributed by atoms with van der Waals surface area (Å²) >= 11 is 0. The fraction of sp³-hybridized carbons (Fsp3) is 0.846. The molecule has 0 radical (unpaired) electrons. The lowest BCUT2D eigenvalue weighted by atomic mass is 9.87. The van der Waals surface area contributed by atoms with Crippen molar-refractivity contribution in [1.82, 2.24) is 10.6 Å². The lowest BCUT2D eigenvalue weighted by Gasteiger charge is -2.31. The predicted octanol–water partition coefficient (Wildman–Crippen LogP) is 1.90. The average Bonchev–Trinajstić information content (AvgIpc) is 2.38. The summed E-state index contributed by atoms with van der Waals surface area (Å²) in [5, 5.41) is 23.9. The van der Waals surface area contributed by atoms with Crippen LogP contribution in [0.3, 0.4) is 0 Å². The summed E-state index contributed by atoms with van der Waals surface area (Å²) in [6.07, 6.45) is 7.83. The smallest absolute Gasteiger partial charge is 0.0635 e. The van der Waals surface area contributed by atoms with E-state index in [0.717, 1.165) is 13.1 Å². The summed E-state index contributed by atoms with van der Waals surface area (Å²) in [4.78, 5) is 0. The van der Waals surface area contributed by atoms with E-state index in [4.69, 9.17) is 10.5 Å². The molecule has 0 aromatic carbocycles. The Morgan fingerprint density at radius 3 is 1.94 bits per heavy atom. The van der Waals surface area contributed by atoms with Gasteiger partial charge in [0.25, 0.3) is 0 Å². The van der Waals surface area contributed by atoms with Gasteiger partial charge < -0.3 is 10.6 Å². The van der Waals surface area contributed by atoms with E-state index < -0.39 is 0 Å². The summed E-state index contributed by atoms with van der Waals surface area (Å²) in [6.45, 7) is 1.47. The Morgan fingerprint density at radius 1 is 0.941 bits per heavy atom. The van der Waals surface area contributed by atoms with Crippen molar-refractivity contribution >= 4 is 0 Å². The Morgan fingerprint density at radius 2 is 1.47 bits per heavy atom. The van der Waals surface area contributed by atoms with Crippen LogP contribution in [0.2, 0.25) is 0 Å². The number of hydrogen-bond donors (Lipinski definition) is 2. The third kappa shape index (κ3) is 5.68. The third-order valence-corrected chi connectivity index (χ3v) is 3.32. The van der Waals surface area contributed by atoms with E-state index in [-0.39, 0.29) is 6.17 Å². The predicted molar refractivity (Wildman–Crippen MR) is 66.8 cm³/mol. The highest BCUT2D eigenvalue weighted by Gasteiger charge is 2.22. The van der Waals surface area contributed by atoms with Gasteiger partial charge in [-0.2, -0.15) is 10.5 Å². The molecule has 1 aliphatic rings. The van der Waals surface area contributed by atoms with Crippen LogP contribution >= 0.6 is 0 Å². The molecule has 0 aliphatic heterocycles. The molecule has 0 amide bonds. The topological polar surface area (TPSA) is 71.6 Å². The molecule has 0 aromatic heterocycles. The van der Waals surface area contributed by atoms with Gasteiger partial charge in [-0.25, -0.2) is 0 Å². The zero-order valence-electron chi connectivity index (χ0n) is 10.4. The van der Waals surface area contributed by atoms with Crippen LogP contribution in [0.25, 0.3) is 0 Å². The Bertz CT molecular complexity index is 250.